The van der Waals surface area contributed by atoms with Crippen molar-refractivity contribution in [3.8, 4) is 0 Å². The molecule has 2 amide bonds. The summed E-state index contributed by atoms with van der Waals surface area (Å²) in [4.78, 5) is 69.1. The first-order valence-corrected chi connectivity index (χ1v) is 12.0. The van der Waals surface area contributed by atoms with Gasteiger partial charge in [-0.25, -0.2) is 14.4 Å². The van der Waals surface area contributed by atoms with E-state index in [1.54, 1.807) is 0 Å². The average Bonchev–Trinajstić information content (AvgIpc) is 2.79. The fourth-order valence-electron chi connectivity index (χ4n) is 1.66. The van der Waals surface area contributed by atoms with E-state index in [1.807, 2.05) is 0 Å². The number of nitrogens with two attached hydrogens (primary N) is 1. The monoisotopic (exact) mass is 539 g/mol. The van der Waals surface area contributed by atoms with Crippen LogP contribution in [-0.4, -0.2) is 65.2 Å². The quantitative estimate of drug-likeness (QED) is 0.0355. The molecule has 2 unspecified atom stereocenters. The van der Waals surface area contributed by atoms with E-state index >= 15 is 0 Å². The van der Waals surface area contributed by atoms with Gasteiger partial charge in [-0.15, -0.1) is 0 Å². The lowest BCUT2D eigenvalue weighted by molar-refractivity contribution is -0.140. The first kappa shape index (κ1) is 31.3. The Bertz CT molecular complexity index is 834. The highest BCUT2D eigenvalue weighted by Crippen LogP contribution is 2.25. The molecule has 0 fully saturated rings. The van der Waals surface area contributed by atoms with E-state index in [9.17, 15) is 28.8 Å². The minimum absolute atomic E-state index is 0.0847. The van der Waals surface area contributed by atoms with Gasteiger partial charge in [0.05, 0.1) is 5.57 Å². The number of carboxylic acid groups (broad SMARTS) is 1. The number of thiol groups is 1. The number of amides is 2. The number of carbonyl (C=O) groups excluding carboxylic acids is 5. The molecule has 0 radical (unpaired) electrons. The van der Waals surface area contributed by atoms with E-state index in [4.69, 9.17) is 19.8 Å². The summed E-state index contributed by atoms with van der Waals surface area (Å²) >= 11 is 4.90. The molecule has 0 spiro atoms. The highest BCUT2D eigenvalue weighted by molar-refractivity contribution is 8.73. The van der Waals surface area contributed by atoms with Gasteiger partial charge in [-0.05, 0) is 20.3 Å². The van der Waals surface area contributed by atoms with Gasteiger partial charge in [0.1, 0.15) is 24.9 Å². The second kappa shape index (κ2) is 16.9. The first-order valence-electron chi connectivity index (χ1n) is 9.33. The maximum atomic E-state index is 12.0. The average molecular weight is 540 g/mol. The van der Waals surface area contributed by atoms with Crippen LogP contribution in [0.25, 0.3) is 0 Å². The van der Waals surface area contributed by atoms with Crippen LogP contribution in [0, 0.1) is 0 Å². The van der Waals surface area contributed by atoms with Crippen LogP contribution in [0.15, 0.2) is 24.0 Å². The van der Waals surface area contributed by atoms with Crippen LogP contribution in [0.1, 0.15) is 26.7 Å². The summed E-state index contributed by atoms with van der Waals surface area (Å²) in [5.74, 6) is -5.16. The lowest BCUT2D eigenvalue weighted by Gasteiger charge is -2.16. The van der Waals surface area contributed by atoms with Crippen LogP contribution < -0.4 is 16.4 Å². The van der Waals surface area contributed by atoms with E-state index in [-0.39, 0.29) is 29.7 Å². The van der Waals surface area contributed by atoms with Crippen molar-refractivity contribution in [2.24, 2.45) is 5.73 Å². The third kappa shape index (κ3) is 13.8. The largest absolute Gasteiger partial charge is 0.480 e. The predicted octanol–water partition coefficient (Wildman–Crippen LogP) is 0.0302. The molecule has 0 aliphatic carbocycles. The Hall–Kier alpha value is -2.69. The standard InChI is InChI=1S/C18H25N3O10S3/c1-9(2)16(26)30-33-34-31-17(27)10(3)7-29-18(28)11(19)4-5-13(22)21-12(8-32)15(25)20-6-14(23)24/h7,11-12,32H,1,4-6,8,19H2,2-3H3,(H,20,25)(H,21,22)(H,23,24)/b10-7+. The lowest BCUT2D eigenvalue weighted by atomic mass is 10.1. The number of esters is 1. The molecular formula is C18H25N3O10S3. The van der Waals surface area contributed by atoms with Crippen molar-refractivity contribution in [3.05, 3.63) is 24.0 Å². The van der Waals surface area contributed by atoms with Gasteiger partial charge in [0.25, 0.3) is 0 Å². The van der Waals surface area contributed by atoms with Gasteiger partial charge in [-0.2, -0.15) is 12.6 Å². The van der Waals surface area contributed by atoms with Gasteiger partial charge >= 0.3 is 23.9 Å². The maximum Gasteiger partial charge on any atom is 0.349 e. The number of hydrogen-bond acceptors (Lipinski definition) is 13. The molecule has 0 aliphatic heterocycles. The smallest absolute Gasteiger partial charge is 0.349 e. The summed E-state index contributed by atoms with van der Waals surface area (Å²) in [6.45, 7) is 5.51. The van der Waals surface area contributed by atoms with Crippen molar-refractivity contribution in [1.82, 2.24) is 10.6 Å². The van der Waals surface area contributed by atoms with Crippen LogP contribution in [-0.2, 0) is 41.9 Å². The van der Waals surface area contributed by atoms with E-state index in [2.05, 4.69) is 34.0 Å². The number of hydrogen-bond donors (Lipinski definition) is 5. The van der Waals surface area contributed by atoms with E-state index in [0.29, 0.717) is 22.1 Å². The zero-order chi connectivity index (χ0) is 26.3. The van der Waals surface area contributed by atoms with Crippen LogP contribution in [0.4, 0.5) is 0 Å². The van der Waals surface area contributed by atoms with Crippen molar-refractivity contribution in [1.29, 1.82) is 0 Å². The molecule has 0 saturated carbocycles. The molecule has 0 saturated heterocycles. The Labute approximate surface area is 208 Å². The van der Waals surface area contributed by atoms with Crippen LogP contribution in [0.2, 0.25) is 0 Å². The van der Waals surface area contributed by atoms with Gasteiger partial charge < -0.3 is 34.6 Å². The molecule has 0 rings (SSSR count). The highest BCUT2D eigenvalue weighted by Gasteiger charge is 2.22. The molecule has 0 bridgehead atoms. The Morgan fingerprint density at radius 2 is 1.71 bits per heavy atom. The van der Waals surface area contributed by atoms with E-state index in [1.165, 1.54) is 13.8 Å². The second-order valence-corrected chi connectivity index (χ2v) is 8.24. The lowest BCUT2D eigenvalue weighted by Crippen LogP contribution is -2.49. The zero-order valence-electron chi connectivity index (χ0n) is 18.2. The summed E-state index contributed by atoms with van der Waals surface area (Å²) in [6.07, 6.45) is 0.437. The normalized spacial score (nSPS) is 12.5. The molecule has 0 aromatic heterocycles. The fourth-order valence-corrected chi connectivity index (χ4v) is 2.91. The topological polar surface area (TPSA) is 200 Å². The Morgan fingerprint density at radius 1 is 1.12 bits per heavy atom. The number of aliphatic carboxylic acids is 1. The molecule has 0 aromatic rings. The van der Waals surface area contributed by atoms with Crippen molar-refractivity contribution >= 4 is 70.5 Å². The van der Waals surface area contributed by atoms with E-state index < -0.39 is 54.3 Å². The van der Waals surface area contributed by atoms with Gasteiger partial charge in [0.2, 0.25) is 11.8 Å². The number of nitrogens with one attached hydrogen (secondary N) is 2. The third-order valence-electron chi connectivity index (χ3n) is 3.50. The van der Waals surface area contributed by atoms with Crippen molar-refractivity contribution in [3.63, 3.8) is 0 Å². The van der Waals surface area contributed by atoms with Gasteiger partial charge in [0, 0.05) is 17.7 Å². The highest BCUT2D eigenvalue weighted by atomic mass is 33.1. The fraction of sp³-hybridized carbons (Fsp3) is 0.444. The number of rotatable bonds is 15. The summed E-state index contributed by atoms with van der Waals surface area (Å²) in [7, 11) is 0. The Morgan fingerprint density at radius 3 is 2.24 bits per heavy atom. The number of carbonyl (C=O) groups is 6. The van der Waals surface area contributed by atoms with Crippen LogP contribution >= 0.6 is 34.8 Å². The van der Waals surface area contributed by atoms with Gasteiger partial charge in [-0.3, -0.25) is 14.4 Å². The molecule has 5 N–H and O–H groups in total. The Kier molecular flexibility index (Phi) is 15.5. The van der Waals surface area contributed by atoms with Crippen LogP contribution in [0.3, 0.4) is 0 Å². The zero-order valence-corrected chi connectivity index (χ0v) is 20.8. The minimum atomic E-state index is -1.25. The SMILES string of the molecule is C=C(C)C(=O)OSSOC(=O)/C(C)=C/OC(=O)C(N)CCC(=O)NC(CS)C(=O)NCC(=O)O. The third-order valence-corrected chi connectivity index (χ3v) is 4.94. The minimum Gasteiger partial charge on any atom is -0.480 e. The van der Waals surface area contributed by atoms with Gasteiger partial charge in [0.15, 0.2) is 22.1 Å². The molecule has 13 nitrogen and oxygen atoms in total. The van der Waals surface area contributed by atoms with Crippen LogP contribution in [0.5, 0.6) is 0 Å². The summed E-state index contributed by atoms with van der Waals surface area (Å²) in [5.41, 5.74) is 5.73. The molecule has 16 heteroatoms. The maximum absolute atomic E-state index is 12.0. The summed E-state index contributed by atoms with van der Waals surface area (Å²) in [6, 6.07) is -2.29. The number of carboxylic acids is 1. The first-order chi connectivity index (χ1) is 15.9. The predicted molar refractivity (Wildman–Crippen MR) is 126 cm³/mol. The summed E-state index contributed by atoms with van der Waals surface area (Å²) in [5, 5.41) is 13.0. The molecule has 190 valence electrons. The molecule has 2 atom stereocenters. The second-order valence-electron chi connectivity index (χ2n) is 6.46. The molecule has 0 aliphatic rings. The Balaban J connectivity index is 4.41. The van der Waals surface area contributed by atoms with Gasteiger partial charge in [-0.1, -0.05) is 6.58 Å². The summed E-state index contributed by atoms with van der Waals surface area (Å²) < 4.78 is 14.1. The van der Waals surface area contributed by atoms with Crippen molar-refractivity contribution in [2.45, 2.75) is 38.8 Å². The molecule has 0 heterocycles. The van der Waals surface area contributed by atoms with Crippen molar-refractivity contribution in [2.75, 3.05) is 12.3 Å². The van der Waals surface area contributed by atoms with Crippen molar-refractivity contribution < 1.29 is 47.0 Å². The van der Waals surface area contributed by atoms with E-state index in [0.717, 1.165) is 6.26 Å². The molecular weight excluding hydrogens is 514 g/mol. The number of ether oxygens (including phenoxy) is 1. The molecule has 0 aromatic carbocycles. The molecule has 34 heavy (non-hydrogen) atoms.